The smallest absolute Gasteiger partial charge is 0.225 e. The van der Waals surface area contributed by atoms with Gasteiger partial charge in [-0.25, -0.2) is 15.0 Å². The van der Waals surface area contributed by atoms with Gasteiger partial charge in [0.2, 0.25) is 5.95 Å². The summed E-state index contributed by atoms with van der Waals surface area (Å²) in [5.74, 6) is 1.68. The molecule has 6 nitrogen and oxygen atoms in total. The fourth-order valence-corrected chi connectivity index (χ4v) is 4.29. The Hall–Kier alpha value is -1.95. The van der Waals surface area contributed by atoms with Gasteiger partial charge in [0.15, 0.2) is 0 Å². The van der Waals surface area contributed by atoms with E-state index in [1.54, 1.807) is 0 Å². The Morgan fingerprint density at radius 2 is 1.70 bits per heavy atom. The van der Waals surface area contributed by atoms with Crippen LogP contribution in [0.4, 0.5) is 5.95 Å². The van der Waals surface area contributed by atoms with Crippen LogP contribution in [0.5, 0.6) is 0 Å². The third-order valence-electron chi connectivity index (χ3n) is 6.19. The van der Waals surface area contributed by atoms with E-state index in [4.69, 9.17) is 0 Å². The van der Waals surface area contributed by atoms with Gasteiger partial charge in [-0.05, 0) is 51.6 Å². The van der Waals surface area contributed by atoms with Gasteiger partial charge in [-0.3, -0.25) is 4.90 Å². The Morgan fingerprint density at radius 3 is 2.41 bits per heavy atom. The van der Waals surface area contributed by atoms with Crippen LogP contribution in [-0.2, 0) is 6.54 Å². The Bertz CT molecular complexity index is 711. The van der Waals surface area contributed by atoms with Crippen molar-refractivity contribution >= 4 is 5.95 Å². The van der Waals surface area contributed by atoms with Crippen LogP contribution in [0.3, 0.4) is 0 Å². The largest absolute Gasteiger partial charge is 0.341 e. The molecule has 2 aliphatic heterocycles. The molecule has 146 valence electrons. The zero-order valence-electron chi connectivity index (χ0n) is 16.7. The molecule has 2 aliphatic rings. The van der Waals surface area contributed by atoms with Crippen molar-refractivity contribution in [2.45, 2.75) is 58.5 Å². The van der Waals surface area contributed by atoms with Crippen molar-refractivity contribution in [3.63, 3.8) is 0 Å². The van der Waals surface area contributed by atoms with Crippen LogP contribution < -0.4 is 4.90 Å². The Balaban J connectivity index is 1.44. The van der Waals surface area contributed by atoms with E-state index in [1.165, 1.54) is 45.2 Å². The minimum absolute atomic E-state index is 0.522. The minimum Gasteiger partial charge on any atom is -0.341 e. The highest BCUT2D eigenvalue weighted by Gasteiger charge is 2.20. The van der Waals surface area contributed by atoms with Crippen LogP contribution in [0.2, 0.25) is 0 Å². The first kappa shape index (κ1) is 18.4. The quantitative estimate of drug-likeness (QED) is 0.809. The first-order valence-corrected chi connectivity index (χ1v) is 10.5. The van der Waals surface area contributed by atoms with Crippen molar-refractivity contribution in [2.24, 2.45) is 5.92 Å². The van der Waals surface area contributed by atoms with Gasteiger partial charge >= 0.3 is 0 Å². The SMILES string of the molecule is CC1CCN(c2ncc(-c3cncn3C[C@@H](C)N3CCCCC3)cn2)CC1. The molecule has 0 amide bonds. The summed E-state index contributed by atoms with van der Waals surface area (Å²) in [5.41, 5.74) is 2.16. The molecule has 0 bridgehead atoms. The standard InChI is InChI=1S/C21H32N6/c1-17-6-10-26(11-7-17)21-23-12-19(13-24-21)20-14-22-16-27(20)15-18(2)25-8-4-3-5-9-25/h12-14,16-18H,3-11,15H2,1-2H3/t18-/m1/s1. The number of hydrogen-bond donors (Lipinski definition) is 0. The molecule has 0 aliphatic carbocycles. The van der Waals surface area contributed by atoms with Crippen LogP contribution in [0, 0.1) is 5.92 Å². The fraction of sp³-hybridized carbons (Fsp3) is 0.667. The molecule has 2 fully saturated rings. The molecule has 0 saturated carbocycles. The molecule has 4 rings (SSSR count). The van der Waals surface area contributed by atoms with Crippen molar-refractivity contribution in [1.82, 2.24) is 24.4 Å². The number of anilines is 1. The zero-order valence-corrected chi connectivity index (χ0v) is 16.7. The lowest BCUT2D eigenvalue weighted by molar-refractivity contribution is 0.160. The molecule has 2 aromatic heterocycles. The maximum absolute atomic E-state index is 4.66. The molecular formula is C21H32N6. The molecule has 27 heavy (non-hydrogen) atoms. The van der Waals surface area contributed by atoms with Gasteiger partial charge in [0.1, 0.15) is 0 Å². The predicted octanol–water partition coefficient (Wildman–Crippen LogP) is 3.45. The third-order valence-corrected chi connectivity index (χ3v) is 6.19. The van der Waals surface area contributed by atoms with E-state index >= 15 is 0 Å². The topological polar surface area (TPSA) is 50.1 Å². The molecule has 2 saturated heterocycles. The summed E-state index contributed by atoms with van der Waals surface area (Å²) in [5, 5.41) is 0. The number of hydrogen-bond acceptors (Lipinski definition) is 5. The Morgan fingerprint density at radius 1 is 1.00 bits per heavy atom. The van der Waals surface area contributed by atoms with E-state index in [2.05, 4.69) is 43.2 Å². The van der Waals surface area contributed by atoms with Crippen molar-refractivity contribution < 1.29 is 0 Å². The van der Waals surface area contributed by atoms with E-state index in [1.807, 2.05) is 24.9 Å². The number of aromatic nitrogens is 4. The third kappa shape index (κ3) is 4.32. The number of piperidine rings is 2. The lowest BCUT2D eigenvalue weighted by Crippen LogP contribution is -2.39. The average Bonchev–Trinajstić information content (AvgIpc) is 3.17. The lowest BCUT2D eigenvalue weighted by atomic mass is 10.00. The minimum atomic E-state index is 0.522. The van der Waals surface area contributed by atoms with Gasteiger partial charge in [-0.2, -0.15) is 0 Å². The molecule has 1 atom stereocenters. The van der Waals surface area contributed by atoms with Crippen LogP contribution in [0.15, 0.2) is 24.9 Å². The first-order valence-electron chi connectivity index (χ1n) is 10.5. The Kier molecular flexibility index (Phi) is 5.72. The second-order valence-electron chi connectivity index (χ2n) is 8.32. The van der Waals surface area contributed by atoms with E-state index in [0.29, 0.717) is 6.04 Å². The molecular weight excluding hydrogens is 336 g/mol. The van der Waals surface area contributed by atoms with Gasteiger partial charge in [0, 0.05) is 43.6 Å². The normalized spacial score (nSPS) is 20.7. The monoisotopic (exact) mass is 368 g/mol. The van der Waals surface area contributed by atoms with Crippen molar-refractivity contribution in [3.8, 4) is 11.3 Å². The van der Waals surface area contributed by atoms with Gasteiger partial charge in [0.25, 0.3) is 0 Å². The molecule has 0 unspecified atom stereocenters. The summed E-state index contributed by atoms with van der Waals surface area (Å²) in [6, 6.07) is 0.522. The maximum atomic E-state index is 4.66. The Labute approximate surface area is 162 Å². The first-order chi connectivity index (χ1) is 13.2. The van der Waals surface area contributed by atoms with Crippen molar-refractivity contribution in [3.05, 3.63) is 24.9 Å². The molecule has 0 spiro atoms. The molecule has 6 heteroatoms. The maximum Gasteiger partial charge on any atom is 0.225 e. The summed E-state index contributed by atoms with van der Waals surface area (Å²) in [6.07, 6.45) is 14.3. The second kappa shape index (κ2) is 8.38. The van der Waals surface area contributed by atoms with Crippen molar-refractivity contribution in [1.29, 1.82) is 0 Å². The van der Waals surface area contributed by atoms with Gasteiger partial charge < -0.3 is 9.47 Å². The highest BCUT2D eigenvalue weighted by molar-refractivity contribution is 5.57. The van der Waals surface area contributed by atoms with E-state index in [0.717, 1.165) is 42.8 Å². The highest BCUT2D eigenvalue weighted by Crippen LogP contribution is 2.23. The van der Waals surface area contributed by atoms with Crippen molar-refractivity contribution in [2.75, 3.05) is 31.1 Å². The highest BCUT2D eigenvalue weighted by atomic mass is 15.2. The average molecular weight is 369 g/mol. The lowest BCUT2D eigenvalue weighted by Gasteiger charge is -2.32. The number of rotatable bonds is 5. The summed E-state index contributed by atoms with van der Waals surface area (Å²) in [7, 11) is 0. The molecule has 0 N–H and O–H groups in total. The molecule has 4 heterocycles. The summed E-state index contributed by atoms with van der Waals surface area (Å²) in [6.45, 7) is 10.2. The second-order valence-corrected chi connectivity index (χ2v) is 8.32. The number of imidazole rings is 1. The summed E-state index contributed by atoms with van der Waals surface area (Å²) in [4.78, 5) is 18.6. The summed E-state index contributed by atoms with van der Waals surface area (Å²) >= 11 is 0. The van der Waals surface area contributed by atoms with E-state index in [-0.39, 0.29) is 0 Å². The van der Waals surface area contributed by atoms with Gasteiger partial charge in [-0.1, -0.05) is 13.3 Å². The van der Waals surface area contributed by atoms with Gasteiger partial charge in [-0.15, -0.1) is 0 Å². The fourth-order valence-electron chi connectivity index (χ4n) is 4.29. The summed E-state index contributed by atoms with van der Waals surface area (Å²) < 4.78 is 2.25. The predicted molar refractivity (Wildman–Crippen MR) is 109 cm³/mol. The zero-order chi connectivity index (χ0) is 18.6. The molecule has 0 aromatic carbocycles. The van der Waals surface area contributed by atoms with Crippen LogP contribution >= 0.6 is 0 Å². The molecule has 2 aromatic rings. The number of likely N-dealkylation sites (tertiary alicyclic amines) is 1. The van der Waals surface area contributed by atoms with Gasteiger partial charge in [0.05, 0.1) is 18.2 Å². The van der Waals surface area contributed by atoms with E-state index < -0.39 is 0 Å². The number of nitrogens with zero attached hydrogens (tertiary/aromatic N) is 6. The molecule has 0 radical (unpaired) electrons. The van der Waals surface area contributed by atoms with Crippen LogP contribution in [0.25, 0.3) is 11.3 Å². The van der Waals surface area contributed by atoms with Crippen LogP contribution in [0.1, 0.15) is 46.0 Å². The van der Waals surface area contributed by atoms with Crippen LogP contribution in [-0.4, -0.2) is 56.6 Å². The van der Waals surface area contributed by atoms with E-state index in [9.17, 15) is 0 Å².